The molecule has 2 rings (SSSR count). The van der Waals surface area contributed by atoms with Crippen molar-refractivity contribution in [1.82, 2.24) is 4.98 Å². The van der Waals surface area contributed by atoms with Crippen LogP contribution in [0.15, 0.2) is 0 Å². The van der Waals surface area contributed by atoms with Crippen LogP contribution in [0.2, 0.25) is 0 Å². The molecule has 0 spiro atoms. The predicted molar refractivity (Wildman–Crippen MR) is 63.7 cm³/mol. The van der Waals surface area contributed by atoms with E-state index in [1.165, 1.54) is 7.11 Å². The Labute approximate surface area is 105 Å². The lowest BCUT2D eigenvalue weighted by Gasteiger charge is -2.25. The highest BCUT2D eigenvalue weighted by Crippen LogP contribution is 2.32. The van der Waals surface area contributed by atoms with Crippen LogP contribution in [0.1, 0.15) is 50.5 Å². The number of fused-ring (bicyclic) bond motifs is 1. The zero-order chi connectivity index (χ0) is 13.4. The average Bonchev–Trinajstić information content (AvgIpc) is 2.32. The predicted octanol–water partition coefficient (Wildman–Crippen LogP) is 1.76. The molecule has 1 unspecified atom stereocenters. The van der Waals surface area contributed by atoms with Gasteiger partial charge in [0.1, 0.15) is 0 Å². The van der Waals surface area contributed by atoms with Crippen molar-refractivity contribution < 1.29 is 19.1 Å². The van der Waals surface area contributed by atoms with E-state index in [0.717, 1.165) is 0 Å². The van der Waals surface area contributed by atoms with Gasteiger partial charge in [-0.05, 0) is 19.4 Å². The summed E-state index contributed by atoms with van der Waals surface area (Å²) in [6.07, 6.45) is 0. The third-order valence-corrected chi connectivity index (χ3v) is 3.15. The lowest BCUT2D eigenvalue weighted by molar-refractivity contribution is 0.0443. The molecule has 0 aliphatic carbocycles. The Morgan fingerprint density at radius 3 is 2.67 bits per heavy atom. The lowest BCUT2D eigenvalue weighted by atomic mass is 9.88. The quantitative estimate of drug-likeness (QED) is 0.709. The maximum atomic E-state index is 11.9. The number of esters is 2. The van der Waals surface area contributed by atoms with Crippen LogP contribution in [0.4, 0.5) is 0 Å². The molecule has 1 aliphatic rings. The molecule has 0 fully saturated rings. The van der Waals surface area contributed by atoms with Gasteiger partial charge in [0, 0.05) is 5.92 Å². The number of nitrogens with zero attached hydrogens (tertiary/aromatic N) is 1. The molecule has 0 radical (unpaired) electrons. The van der Waals surface area contributed by atoms with E-state index >= 15 is 0 Å². The van der Waals surface area contributed by atoms with Crippen LogP contribution in [-0.4, -0.2) is 30.6 Å². The van der Waals surface area contributed by atoms with E-state index in [1.54, 1.807) is 13.8 Å². The third-order valence-electron chi connectivity index (χ3n) is 3.15. The smallest absolute Gasteiger partial charge is 0.340 e. The number of rotatable bonds is 1. The first-order chi connectivity index (χ1) is 8.47. The van der Waals surface area contributed by atoms with Gasteiger partial charge in [-0.15, -0.1) is 0 Å². The number of methoxy groups -OCH3 is 1. The Kier molecular flexibility index (Phi) is 3.07. The van der Waals surface area contributed by atoms with Gasteiger partial charge in [-0.2, -0.15) is 0 Å². The first-order valence-electron chi connectivity index (χ1n) is 5.73. The van der Waals surface area contributed by atoms with Crippen LogP contribution < -0.4 is 0 Å². The summed E-state index contributed by atoms with van der Waals surface area (Å²) in [5.41, 5.74) is 2.66. The zero-order valence-electron chi connectivity index (χ0n) is 10.9. The van der Waals surface area contributed by atoms with Crippen LogP contribution in [0.3, 0.4) is 0 Å². The van der Waals surface area contributed by atoms with Gasteiger partial charge < -0.3 is 9.47 Å². The van der Waals surface area contributed by atoms with Gasteiger partial charge >= 0.3 is 11.9 Å². The largest absolute Gasteiger partial charge is 0.465 e. The second-order valence-corrected chi connectivity index (χ2v) is 4.44. The number of aryl methyl sites for hydroxylation is 2. The van der Waals surface area contributed by atoms with Crippen LogP contribution in [-0.2, 0) is 9.47 Å². The number of pyridine rings is 1. The SMILES string of the molecule is COC(=O)c1c(C)nc(C)c2c1C(C)COC2=O. The highest BCUT2D eigenvalue weighted by atomic mass is 16.5. The van der Waals surface area contributed by atoms with Gasteiger partial charge in [-0.1, -0.05) is 6.92 Å². The van der Waals surface area contributed by atoms with E-state index in [0.29, 0.717) is 28.1 Å². The third kappa shape index (κ3) is 1.75. The van der Waals surface area contributed by atoms with Crippen LogP contribution >= 0.6 is 0 Å². The van der Waals surface area contributed by atoms with Crippen molar-refractivity contribution in [3.05, 3.63) is 28.1 Å². The van der Waals surface area contributed by atoms with Crippen LogP contribution in [0, 0.1) is 13.8 Å². The Bertz CT molecular complexity index is 536. The van der Waals surface area contributed by atoms with E-state index in [4.69, 9.17) is 9.47 Å². The molecule has 1 aliphatic heterocycles. The molecule has 0 aromatic carbocycles. The normalized spacial score (nSPS) is 18.0. The second kappa shape index (κ2) is 4.40. The monoisotopic (exact) mass is 249 g/mol. The second-order valence-electron chi connectivity index (χ2n) is 4.44. The number of hydrogen-bond acceptors (Lipinski definition) is 5. The molecule has 5 heteroatoms. The molecule has 18 heavy (non-hydrogen) atoms. The van der Waals surface area contributed by atoms with Crippen molar-refractivity contribution in [1.29, 1.82) is 0 Å². The highest BCUT2D eigenvalue weighted by molar-refractivity contribution is 6.00. The van der Waals surface area contributed by atoms with Gasteiger partial charge in [0.15, 0.2) is 0 Å². The first-order valence-corrected chi connectivity index (χ1v) is 5.73. The molecule has 1 aromatic heterocycles. The van der Waals surface area contributed by atoms with Crippen LogP contribution in [0.5, 0.6) is 0 Å². The topological polar surface area (TPSA) is 65.5 Å². The number of hydrogen-bond donors (Lipinski definition) is 0. The molecule has 0 amide bonds. The molecule has 5 nitrogen and oxygen atoms in total. The fourth-order valence-electron chi connectivity index (χ4n) is 2.34. The summed E-state index contributed by atoms with van der Waals surface area (Å²) in [5, 5.41) is 0. The lowest BCUT2D eigenvalue weighted by Crippen LogP contribution is -2.27. The summed E-state index contributed by atoms with van der Waals surface area (Å²) >= 11 is 0. The fourth-order valence-corrected chi connectivity index (χ4v) is 2.34. The minimum absolute atomic E-state index is 0.0350. The molecule has 0 saturated heterocycles. The summed E-state index contributed by atoms with van der Waals surface area (Å²) in [6.45, 7) is 5.67. The first kappa shape index (κ1) is 12.5. The minimum Gasteiger partial charge on any atom is -0.465 e. The highest BCUT2D eigenvalue weighted by Gasteiger charge is 2.33. The van der Waals surface area contributed by atoms with Gasteiger partial charge in [-0.3, -0.25) is 4.98 Å². The molecular formula is C13H15NO4. The van der Waals surface area contributed by atoms with Crippen LogP contribution in [0.25, 0.3) is 0 Å². The number of ether oxygens (including phenoxy) is 2. The van der Waals surface area contributed by atoms with Crippen molar-refractivity contribution >= 4 is 11.9 Å². The van der Waals surface area contributed by atoms with Gasteiger partial charge in [-0.25, -0.2) is 9.59 Å². The Balaban J connectivity index is 2.79. The number of carbonyl (C=O) groups is 2. The summed E-state index contributed by atoms with van der Waals surface area (Å²) in [7, 11) is 1.32. The molecule has 0 N–H and O–H groups in total. The van der Waals surface area contributed by atoms with Crippen molar-refractivity contribution in [2.75, 3.05) is 13.7 Å². The van der Waals surface area contributed by atoms with E-state index in [2.05, 4.69) is 4.98 Å². The van der Waals surface area contributed by atoms with E-state index in [1.807, 2.05) is 6.92 Å². The maximum absolute atomic E-state index is 11.9. The maximum Gasteiger partial charge on any atom is 0.340 e. The molecule has 1 aromatic rings. The number of aromatic nitrogens is 1. The van der Waals surface area contributed by atoms with Gasteiger partial charge in [0.05, 0.1) is 36.2 Å². The molecule has 1 atom stereocenters. The summed E-state index contributed by atoms with van der Waals surface area (Å²) in [4.78, 5) is 27.9. The van der Waals surface area contributed by atoms with Gasteiger partial charge in [0.2, 0.25) is 0 Å². The summed E-state index contributed by atoms with van der Waals surface area (Å²) < 4.78 is 9.85. The Morgan fingerprint density at radius 1 is 1.39 bits per heavy atom. The van der Waals surface area contributed by atoms with Crippen molar-refractivity contribution in [2.45, 2.75) is 26.7 Å². The standard InChI is InChI=1S/C13H15NO4/c1-6-5-18-13(16)11-8(3)14-7(2)10(9(6)11)12(15)17-4/h6H,5H2,1-4H3. The van der Waals surface area contributed by atoms with Crippen molar-refractivity contribution in [3.8, 4) is 0 Å². The van der Waals surface area contributed by atoms with Gasteiger partial charge in [0.25, 0.3) is 0 Å². The zero-order valence-corrected chi connectivity index (χ0v) is 10.9. The number of cyclic esters (lactones) is 1. The minimum atomic E-state index is -0.460. The fraction of sp³-hybridized carbons (Fsp3) is 0.462. The number of carbonyl (C=O) groups excluding carboxylic acids is 2. The molecule has 96 valence electrons. The summed E-state index contributed by atoms with van der Waals surface area (Å²) in [6, 6.07) is 0. The molecule has 0 saturated carbocycles. The molecule has 0 bridgehead atoms. The Hall–Kier alpha value is -1.91. The van der Waals surface area contributed by atoms with Crippen molar-refractivity contribution in [3.63, 3.8) is 0 Å². The average molecular weight is 249 g/mol. The van der Waals surface area contributed by atoms with Crippen molar-refractivity contribution in [2.24, 2.45) is 0 Å². The van der Waals surface area contributed by atoms with E-state index < -0.39 is 11.9 Å². The molecular weight excluding hydrogens is 234 g/mol. The van der Waals surface area contributed by atoms with E-state index in [-0.39, 0.29) is 12.5 Å². The summed E-state index contributed by atoms with van der Waals surface area (Å²) in [5.74, 6) is -0.914. The molecule has 2 heterocycles. The van der Waals surface area contributed by atoms with E-state index in [9.17, 15) is 9.59 Å². The Morgan fingerprint density at radius 2 is 2.06 bits per heavy atom.